The van der Waals surface area contributed by atoms with Crippen molar-refractivity contribution in [1.29, 1.82) is 0 Å². The van der Waals surface area contributed by atoms with Crippen molar-refractivity contribution in [1.82, 2.24) is 24.9 Å². The number of hydrogen-bond acceptors (Lipinski definition) is 7. The Balaban J connectivity index is 1.68. The molecule has 0 spiro atoms. The molecule has 0 bridgehead atoms. The first-order chi connectivity index (χ1) is 12.7. The van der Waals surface area contributed by atoms with Gasteiger partial charge in [-0.15, -0.1) is 10.2 Å². The molecule has 0 saturated heterocycles. The van der Waals surface area contributed by atoms with E-state index in [1.54, 1.807) is 13.2 Å². The van der Waals surface area contributed by atoms with Crippen LogP contribution in [-0.4, -0.2) is 24.9 Å². The average Bonchev–Trinajstić information content (AvgIpc) is 3.37. The van der Waals surface area contributed by atoms with Crippen molar-refractivity contribution in [3.05, 3.63) is 65.7 Å². The SMILES string of the molecule is Cc1nc(CSc2nnc(-c3ccccc3C)n2Cc2ccco2)no1. The molecule has 132 valence electrons. The van der Waals surface area contributed by atoms with Crippen molar-refractivity contribution < 1.29 is 8.94 Å². The van der Waals surface area contributed by atoms with Crippen molar-refractivity contribution in [3.63, 3.8) is 0 Å². The van der Waals surface area contributed by atoms with Crippen molar-refractivity contribution in [2.75, 3.05) is 0 Å². The predicted octanol–water partition coefficient (Wildman–Crippen LogP) is 3.88. The summed E-state index contributed by atoms with van der Waals surface area (Å²) in [4.78, 5) is 4.24. The molecule has 4 aromatic rings. The summed E-state index contributed by atoms with van der Waals surface area (Å²) >= 11 is 1.52. The van der Waals surface area contributed by atoms with E-state index in [1.807, 2.05) is 24.3 Å². The van der Waals surface area contributed by atoms with Crippen LogP contribution >= 0.6 is 11.8 Å². The summed E-state index contributed by atoms with van der Waals surface area (Å²) in [7, 11) is 0. The van der Waals surface area contributed by atoms with E-state index in [-0.39, 0.29) is 0 Å². The molecule has 3 aromatic heterocycles. The molecule has 0 amide bonds. The minimum Gasteiger partial charge on any atom is -0.467 e. The number of rotatable bonds is 6. The van der Waals surface area contributed by atoms with Gasteiger partial charge in [-0.1, -0.05) is 41.2 Å². The summed E-state index contributed by atoms with van der Waals surface area (Å²) in [5.74, 6) is 3.40. The van der Waals surface area contributed by atoms with Crippen molar-refractivity contribution in [2.24, 2.45) is 0 Å². The van der Waals surface area contributed by atoms with Crippen LogP contribution in [0.1, 0.15) is 23.0 Å². The Morgan fingerprint density at radius 3 is 2.69 bits per heavy atom. The Kier molecular flexibility index (Phi) is 4.57. The average molecular weight is 367 g/mol. The molecular formula is C18H17N5O2S. The highest BCUT2D eigenvalue weighted by molar-refractivity contribution is 7.98. The Bertz CT molecular complexity index is 1010. The molecule has 0 aliphatic carbocycles. The summed E-state index contributed by atoms with van der Waals surface area (Å²) < 4.78 is 12.6. The maximum Gasteiger partial charge on any atom is 0.223 e. The van der Waals surface area contributed by atoms with Gasteiger partial charge in [0.25, 0.3) is 0 Å². The predicted molar refractivity (Wildman–Crippen MR) is 96.6 cm³/mol. The van der Waals surface area contributed by atoms with E-state index in [0.29, 0.717) is 24.0 Å². The fourth-order valence-electron chi connectivity index (χ4n) is 2.65. The minimum absolute atomic E-state index is 0.553. The maximum absolute atomic E-state index is 5.52. The van der Waals surface area contributed by atoms with Crippen LogP contribution in [0, 0.1) is 13.8 Å². The molecule has 26 heavy (non-hydrogen) atoms. The molecule has 0 fully saturated rings. The van der Waals surface area contributed by atoms with Gasteiger partial charge in [-0.05, 0) is 24.6 Å². The smallest absolute Gasteiger partial charge is 0.223 e. The first kappa shape index (κ1) is 16.6. The summed E-state index contributed by atoms with van der Waals surface area (Å²) in [6.45, 7) is 4.39. The van der Waals surface area contributed by atoms with E-state index >= 15 is 0 Å². The molecule has 3 heterocycles. The van der Waals surface area contributed by atoms with Crippen molar-refractivity contribution in [2.45, 2.75) is 31.3 Å². The van der Waals surface area contributed by atoms with E-state index in [0.717, 1.165) is 27.9 Å². The Hall–Kier alpha value is -2.87. The van der Waals surface area contributed by atoms with Gasteiger partial charge in [0.1, 0.15) is 5.76 Å². The standard InChI is InChI=1S/C18H17N5O2S/c1-12-6-3-4-8-15(12)17-20-21-18(23(17)10-14-7-5-9-24-14)26-11-16-19-13(2)25-22-16/h3-9H,10-11H2,1-2H3. The largest absolute Gasteiger partial charge is 0.467 e. The zero-order valence-electron chi connectivity index (χ0n) is 14.4. The Labute approximate surface area is 154 Å². The number of aryl methyl sites for hydroxylation is 2. The van der Waals surface area contributed by atoms with Crippen LogP contribution in [0.3, 0.4) is 0 Å². The highest BCUT2D eigenvalue weighted by Gasteiger charge is 2.18. The van der Waals surface area contributed by atoms with Gasteiger partial charge in [-0.25, -0.2) is 0 Å². The lowest BCUT2D eigenvalue weighted by Crippen LogP contribution is -2.04. The van der Waals surface area contributed by atoms with Crippen LogP contribution in [0.2, 0.25) is 0 Å². The molecule has 0 unspecified atom stereocenters. The summed E-state index contributed by atoms with van der Waals surface area (Å²) in [6.07, 6.45) is 1.67. The number of furan rings is 1. The van der Waals surface area contributed by atoms with Crippen LogP contribution < -0.4 is 0 Å². The second kappa shape index (κ2) is 7.17. The van der Waals surface area contributed by atoms with E-state index in [1.165, 1.54) is 11.8 Å². The lowest BCUT2D eigenvalue weighted by atomic mass is 10.1. The maximum atomic E-state index is 5.52. The highest BCUT2D eigenvalue weighted by Crippen LogP contribution is 2.28. The van der Waals surface area contributed by atoms with Gasteiger partial charge in [0, 0.05) is 12.5 Å². The lowest BCUT2D eigenvalue weighted by Gasteiger charge is -2.10. The molecule has 1 aromatic carbocycles. The molecule has 0 radical (unpaired) electrons. The van der Waals surface area contributed by atoms with E-state index in [9.17, 15) is 0 Å². The molecule has 4 rings (SSSR count). The monoisotopic (exact) mass is 367 g/mol. The van der Waals surface area contributed by atoms with Gasteiger partial charge >= 0.3 is 0 Å². The molecule has 0 atom stereocenters. The minimum atomic E-state index is 0.553. The zero-order valence-corrected chi connectivity index (χ0v) is 15.2. The third kappa shape index (κ3) is 3.41. The third-order valence-electron chi connectivity index (χ3n) is 3.90. The first-order valence-electron chi connectivity index (χ1n) is 8.14. The van der Waals surface area contributed by atoms with Gasteiger partial charge in [0.2, 0.25) is 5.89 Å². The van der Waals surface area contributed by atoms with Crippen LogP contribution in [-0.2, 0) is 12.3 Å². The van der Waals surface area contributed by atoms with Gasteiger partial charge in [-0.2, -0.15) is 4.98 Å². The van der Waals surface area contributed by atoms with Crippen molar-refractivity contribution >= 4 is 11.8 Å². The van der Waals surface area contributed by atoms with Crippen molar-refractivity contribution in [3.8, 4) is 11.4 Å². The molecule has 0 N–H and O–H groups in total. The molecule has 0 saturated carbocycles. The second-order valence-electron chi connectivity index (χ2n) is 5.80. The van der Waals surface area contributed by atoms with E-state index in [2.05, 4.69) is 44.0 Å². The number of benzene rings is 1. The van der Waals surface area contributed by atoms with Crippen LogP contribution in [0.5, 0.6) is 0 Å². The number of nitrogens with zero attached hydrogens (tertiary/aromatic N) is 5. The third-order valence-corrected chi connectivity index (χ3v) is 4.86. The summed E-state index contributed by atoms with van der Waals surface area (Å²) in [5.41, 5.74) is 2.19. The lowest BCUT2D eigenvalue weighted by molar-refractivity contribution is 0.389. The first-order valence-corrected chi connectivity index (χ1v) is 9.13. The summed E-state index contributed by atoms with van der Waals surface area (Å²) in [6, 6.07) is 12.0. The normalized spacial score (nSPS) is 11.2. The van der Waals surface area contributed by atoms with Crippen LogP contribution in [0.15, 0.2) is 56.8 Å². The Morgan fingerprint density at radius 1 is 1.08 bits per heavy atom. The topological polar surface area (TPSA) is 82.8 Å². The van der Waals surface area contributed by atoms with E-state index in [4.69, 9.17) is 8.94 Å². The van der Waals surface area contributed by atoms with Gasteiger partial charge in [-0.3, -0.25) is 4.57 Å². The van der Waals surface area contributed by atoms with Gasteiger partial charge in [0.15, 0.2) is 16.8 Å². The van der Waals surface area contributed by atoms with Crippen LogP contribution in [0.25, 0.3) is 11.4 Å². The number of thioether (sulfide) groups is 1. The molecular weight excluding hydrogens is 350 g/mol. The quantitative estimate of drug-likeness (QED) is 0.478. The Morgan fingerprint density at radius 2 is 1.96 bits per heavy atom. The fraction of sp³-hybridized carbons (Fsp3) is 0.222. The molecule has 0 aliphatic heterocycles. The highest BCUT2D eigenvalue weighted by atomic mass is 32.2. The van der Waals surface area contributed by atoms with Crippen LogP contribution in [0.4, 0.5) is 0 Å². The zero-order chi connectivity index (χ0) is 17.9. The second-order valence-corrected chi connectivity index (χ2v) is 6.75. The van der Waals surface area contributed by atoms with Gasteiger partial charge in [0.05, 0.1) is 18.6 Å². The van der Waals surface area contributed by atoms with Gasteiger partial charge < -0.3 is 8.94 Å². The number of hydrogen-bond donors (Lipinski definition) is 0. The molecule has 0 aliphatic rings. The van der Waals surface area contributed by atoms with E-state index < -0.39 is 0 Å². The fourth-order valence-corrected chi connectivity index (χ4v) is 3.43. The molecule has 7 nitrogen and oxygen atoms in total. The summed E-state index contributed by atoms with van der Waals surface area (Å²) in [5, 5.41) is 13.5. The molecule has 8 heteroatoms. The number of aromatic nitrogens is 5.